The molecule has 3 aromatic carbocycles. The number of carbonyl (C=O) groups is 4. The SMILES string of the molecule is CCc1ccc(COC(=O)c2ccc(C(c3ccc(C(=O)O)c(C(=O)OC)c3)(C(F)(F)F)C(F)(F)F)cc2C(=O)O)cc1C. The van der Waals surface area contributed by atoms with Gasteiger partial charge in [0.25, 0.3) is 0 Å². The first-order chi connectivity index (χ1) is 20.4. The van der Waals surface area contributed by atoms with Crippen LogP contribution in [-0.4, -0.2) is 53.6 Å². The number of methoxy groups -OCH3 is 1. The van der Waals surface area contributed by atoms with Crippen molar-refractivity contribution in [3.8, 4) is 0 Å². The third-order valence-corrected chi connectivity index (χ3v) is 7.00. The molecule has 8 nitrogen and oxygen atoms in total. The van der Waals surface area contributed by atoms with Crippen LogP contribution in [0.4, 0.5) is 26.3 Å². The van der Waals surface area contributed by atoms with Crippen LogP contribution in [0.2, 0.25) is 0 Å². The number of carboxylic acid groups (broad SMARTS) is 2. The van der Waals surface area contributed by atoms with Gasteiger partial charge in [0, 0.05) is 0 Å². The van der Waals surface area contributed by atoms with E-state index in [0.717, 1.165) is 24.7 Å². The van der Waals surface area contributed by atoms with Gasteiger partial charge in [-0.05, 0) is 65.4 Å². The smallest absolute Gasteiger partial charge is 0.411 e. The Hall–Kier alpha value is -4.88. The number of alkyl halides is 6. The number of hydrogen-bond donors (Lipinski definition) is 2. The lowest BCUT2D eigenvalue weighted by Crippen LogP contribution is -2.55. The molecule has 14 heteroatoms. The Labute approximate surface area is 245 Å². The number of aromatic carboxylic acids is 2. The molecule has 0 atom stereocenters. The monoisotopic (exact) mass is 626 g/mol. The van der Waals surface area contributed by atoms with Gasteiger partial charge < -0.3 is 19.7 Å². The van der Waals surface area contributed by atoms with E-state index in [-0.39, 0.29) is 30.9 Å². The van der Waals surface area contributed by atoms with E-state index in [4.69, 9.17) is 4.74 Å². The second kappa shape index (κ2) is 12.4. The van der Waals surface area contributed by atoms with Crippen molar-refractivity contribution in [2.75, 3.05) is 7.11 Å². The summed E-state index contributed by atoms with van der Waals surface area (Å²) in [7, 11) is 0.736. The second-order valence-corrected chi connectivity index (χ2v) is 9.56. The highest BCUT2D eigenvalue weighted by atomic mass is 19.4. The van der Waals surface area contributed by atoms with Crippen molar-refractivity contribution in [2.45, 2.75) is 44.6 Å². The van der Waals surface area contributed by atoms with Crippen LogP contribution in [0.3, 0.4) is 0 Å². The van der Waals surface area contributed by atoms with E-state index in [2.05, 4.69) is 4.74 Å². The van der Waals surface area contributed by atoms with Crippen LogP contribution in [0.1, 0.15) is 76.2 Å². The molecular weight excluding hydrogens is 602 g/mol. The summed E-state index contributed by atoms with van der Waals surface area (Å²) in [5.41, 5.74) is -10.0. The Morgan fingerprint density at radius 1 is 0.705 bits per heavy atom. The Balaban J connectivity index is 2.22. The first-order valence-electron chi connectivity index (χ1n) is 12.6. The molecule has 0 radical (unpaired) electrons. The summed E-state index contributed by atoms with van der Waals surface area (Å²) in [5, 5.41) is 19.0. The zero-order chi connectivity index (χ0) is 33.2. The second-order valence-electron chi connectivity index (χ2n) is 9.56. The maximum Gasteiger partial charge on any atom is 0.411 e. The fourth-order valence-electron chi connectivity index (χ4n) is 4.83. The van der Waals surface area contributed by atoms with Crippen LogP contribution in [0.5, 0.6) is 0 Å². The van der Waals surface area contributed by atoms with Crippen LogP contribution in [-0.2, 0) is 27.9 Å². The summed E-state index contributed by atoms with van der Waals surface area (Å²) in [5.74, 6) is -6.73. The van der Waals surface area contributed by atoms with Gasteiger partial charge >= 0.3 is 36.2 Å². The lowest BCUT2D eigenvalue weighted by Gasteiger charge is -2.38. The summed E-state index contributed by atoms with van der Waals surface area (Å²) >= 11 is 0. The van der Waals surface area contributed by atoms with Crippen molar-refractivity contribution in [2.24, 2.45) is 0 Å². The Kier molecular flexibility index (Phi) is 9.46. The molecule has 0 aliphatic rings. The fraction of sp³-hybridized carbons (Fsp3) is 0.267. The molecule has 0 unspecified atom stereocenters. The quantitative estimate of drug-likeness (QED) is 0.203. The van der Waals surface area contributed by atoms with E-state index in [1.165, 1.54) is 0 Å². The summed E-state index contributed by atoms with van der Waals surface area (Å²) < 4.78 is 97.7. The lowest BCUT2D eigenvalue weighted by atomic mass is 9.71. The minimum atomic E-state index is -6.23. The van der Waals surface area contributed by atoms with Gasteiger partial charge in [-0.25, -0.2) is 19.2 Å². The van der Waals surface area contributed by atoms with E-state index in [0.29, 0.717) is 17.7 Å². The minimum absolute atomic E-state index is 0.0447. The molecule has 0 spiro atoms. The van der Waals surface area contributed by atoms with Gasteiger partial charge in [-0.1, -0.05) is 37.3 Å². The fourth-order valence-corrected chi connectivity index (χ4v) is 4.83. The highest BCUT2D eigenvalue weighted by Gasteiger charge is 2.72. The summed E-state index contributed by atoms with van der Waals surface area (Å²) in [6.45, 7) is 3.36. The van der Waals surface area contributed by atoms with Gasteiger partial charge in [-0.2, -0.15) is 26.3 Å². The molecule has 3 aromatic rings. The lowest BCUT2D eigenvalue weighted by molar-refractivity contribution is -0.288. The number of esters is 2. The van der Waals surface area contributed by atoms with Gasteiger partial charge in [0.05, 0.1) is 29.4 Å². The molecule has 234 valence electrons. The number of aryl methyl sites for hydroxylation is 2. The molecule has 0 aromatic heterocycles. The predicted octanol–water partition coefficient (Wildman–Crippen LogP) is 6.51. The van der Waals surface area contributed by atoms with Crippen molar-refractivity contribution in [1.82, 2.24) is 0 Å². The molecular formula is C30H24F6O8. The average Bonchev–Trinajstić information content (AvgIpc) is 2.94. The van der Waals surface area contributed by atoms with Gasteiger partial charge in [-0.15, -0.1) is 0 Å². The number of rotatable bonds is 9. The topological polar surface area (TPSA) is 127 Å². The van der Waals surface area contributed by atoms with Crippen LogP contribution in [0.25, 0.3) is 0 Å². The molecule has 0 saturated heterocycles. The first kappa shape index (κ1) is 33.6. The molecule has 0 aliphatic carbocycles. The third-order valence-electron chi connectivity index (χ3n) is 7.00. The normalized spacial score (nSPS) is 12.0. The number of hydrogen-bond acceptors (Lipinski definition) is 6. The standard InChI is InChI=1S/C30H24F6O8/c1-4-17-6-5-16(11-15(17)2)14-44-27(42)21-10-8-18(12-22(21)25(39)40)28(29(31,32)33,30(34,35)36)19-7-9-20(24(37)38)23(13-19)26(41)43-3/h5-13H,4,14H2,1-3H3,(H,37,38)(H,39,40). The highest BCUT2D eigenvalue weighted by molar-refractivity contribution is 6.03. The summed E-state index contributed by atoms with van der Waals surface area (Å²) in [4.78, 5) is 48.5. The Bertz CT molecular complexity index is 1610. The van der Waals surface area contributed by atoms with Crippen LogP contribution < -0.4 is 0 Å². The molecule has 0 heterocycles. The molecule has 2 N–H and O–H groups in total. The molecule has 0 bridgehead atoms. The van der Waals surface area contributed by atoms with Gasteiger partial charge in [0.2, 0.25) is 5.41 Å². The zero-order valence-electron chi connectivity index (χ0n) is 23.2. The Morgan fingerprint density at radius 3 is 1.68 bits per heavy atom. The van der Waals surface area contributed by atoms with E-state index in [9.17, 15) is 55.7 Å². The number of ether oxygens (including phenoxy) is 2. The van der Waals surface area contributed by atoms with E-state index >= 15 is 0 Å². The van der Waals surface area contributed by atoms with Crippen LogP contribution in [0.15, 0.2) is 54.6 Å². The number of benzene rings is 3. The Morgan fingerprint density at radius 2 is 1.23 bits per heavy atom. The van der Waals surface area contributed by atoms with Gasteiger partial charge in [-0.3, -0.25) is 0 Å². The van der Waals surface area contributed by atoms with Crippen molar-refractivity contribution in [3.63, 3.8) is 0 Å². The largest absolute Gasteiger partial charge is 0.478 e. The molecule has 0 fully saturated rings. The highest BCUT2D eigenvalue weighted by Crippen LogP contribution is 2.56. The molecule has 0 aliphatic heterocycles. The van der Waals surface area contributed by atoms with Crippen LogP contribution >= 0.6 is 0 Å². The van der Waals surface area contributed by atoms with E-state index in [1.807, 2.05) is 13.8 Å². The summed E-state index contributed by atoms with van der Waals surface area (Å²) in [6.07, 6.45) is -11.7. The predicted molar refractivity (Wildman–Crippen MR) is 141 cm³/mol. The molecule has 0 saturated carbocycles. The molecule has 44 heavy (non-hydrogen) atoms. The number of carboxylic acids is 2. The van der Waals surface area contributed by atoms with E-state index in [1.54, 1.807) is 18.2 Å². The molecule has 0 amide bonds. The maximum atomic E-state index is 14.7. The maximum absolute atomic E-state index is 14.7. The van der Waals surface area contributed by atoms with E-state index < -0.39 is 75.0 Å². The molecule has 3 rings (SSSR count). The number of halogens is 6. The third kappa shape index (κ3) is 6.10. The van der Waals surface area contributed by atoms with Gasteiger partial charge in [0.15, 0.2) is 0 Å². The minimum Gasteiger partial charge on any atom is -0.478 e. The van der Waals surface area contributed by atoms with Crippen LogP contribution in [0, 0.1) is 6.92 Å². The van der Waals surface area contributed by atoms with Crippen molar-refractivity contribution in [3.05, 3.63) is 105 Å². The average molecular weight is 627 g/mol. The van der Waals surface area contributed by atoms with Crippen molar-refractivity contribution in [1.29, 1.82) is 0 Å². The van der Waals surface area contributed by atoms with Crippen molar-refractivity contribution < 1.29 is 65.2 Å². The number of carbonyl (C=O) groups excluding carboxylic acids is 2. The zero-order valence-corrected chi connectivity index (χ0v) is 23.2. The first-order valence-corrected chi connectivity index (χ1v) is 12.6. The van der Waals surface area contributed by atoms with Gasteiger partial charge in [0.1, 0.15) is 6.61 Å². The van der Waals surface area contributed by atoms with Crippen molar-refractivity contribution >= 4 is 23.9 Å². The summed E-state index contributed by atoms with van der Waals surface area (Å²) in [6, 6.07) is 6.55.